The van der Waals surface area contributed by atoms with Gasteiger partial charge in [-0.2, -0.15) is 0 Å². The largest absolute Gasteiger partial charge is 0.337 e. The molecule has 0 atom stereocenters. The molecule has 1 aliphatic heterocycles. The van der Waals surface area contributed by atoms with Crippen LogP contribution >= 0.6 is 23.1 Å². The maximum atomic E-state index is 13.8. The number of nitrogens with one attached hydrogen (secondary N) is 1. The third-order valence-electron chi connectivity index (χ3n) is 6.19. The average molecular weight is 533 g/mol. The van der Waals surface area contributed by atoms with Crippen molar-refractivity contribution in [1.29, 1.82) is 0 Å². The molecule has 0 unspecified atom stereocenters. The maximum Gasteiger partial charge on any atom is 0.267 e. The second kappa shape index (κ2) is 10.3. The van der Waals surface area contributed by atoms with Gasteiger partial charge in [-0.1, -0.05) is 42.1 Å². The Kier molecular flexibility index (Phi) is 6.94. The number of nitrogens with zero attached hydrogens (tertiary/aromatic N) is 3. The predicted octanol–water partition coefficient (Wildman–Crippen LogP) is 4.29. The molecular weight excluding hydrogens is 508 g/mol. The Bertz CT molecular complexity index is 1590. The van der Waals surface area contributed by atoms with Crippen LogP contribution in [0, 0.1) is 0 Å². The second-order valence-electron chi connectivity index (χ2n) is 8.72. The monoisotopic (exact) mass is 532 g/mol. The minimum absolute atomic E-state index is 0.00820. The summed E-state index contributed by atoms with van der Waals surface area (Å²) < 4.78 is 1.56. The van der Waals surface area contributed by atoms with E-state index in [1.165, 1.54) is 30.0 Å². The fraction of sp³-hybridized carbons (Fsp3) is 0.222. The van der Waals surface area contributed by atoms with Crippen LogP contribution in [-0.2, 0) is 22.6 Å². The van der Waals surface area contributed by atoms with E-state index in [1.54, 1.807) is 40.7 Å². The molecule has 3 heterocycles. The zero-order valence-electron chi connectivity index (χ0n) is 20.3. The van der Waals surface area contributed by atoms with E-state index in [-0.39, 0.29) is 28.9 Å². The van der Waals surface area contributed by atoms with Gasteiger partial charge in [0.1, 0.15) is 4.83 Å². The van der Waals surface area contributed by atoms with Crippen LogP contribution in [0.25, 0.3) is 15.9 Å². The molecule has 2 aromatic carbocycles. The Balaban J connectivity index is 1.48. The summed E-state index contributed by atoms with van der Waals surface area (Å²) in [6.45, 7) is 4.07. The zero-order valence-corrected chi connectivity index (χ0v) is 21.9. The molecule has 0 spiro atoms. The summed E-state index contributed by atoms with van der Waals surface area (Å²) in [4.78, 5) is 58.3. The lowest BCUT2D eigenvalue weighted by Gasteiger charge is -2.25. The molecule has 37 heavy (non-hydrogen) atoms. The van der Waals surface area contributed by atoms with Crippen molar-refractivity contribution in [3.05, 3.63) is 81.0 Å². The van der Waals surface area contributed by atoms with Crippen molar-refractivity contribution < 1.29 is 14.4 Å². The molecule has 1 N–H and O–H groups in total. The number of anilines is 1. The molecule has 1 aliphatic rings. The maximum absolute atomic E-state index is 13.8. The molecule has 0 saturated heterocycles. The van der Waals surface area contributed by atoms with Gasteiger partial charge in [0.15, 0.2) is 10.9 Å². The number of thioether (sulfide) groups is 1. The molecule has 2 aromatic heterocycles. The lowest BCUT2D eigenvalue weighted by molar-refractivity contribution is -0.129. The minimum atomic E-state index is -0.276. The first-order valence-corrected chi connectivity index (χ1v) is 13.5. The summed E-state index contributed by atoms with van der Waals surface area (Å²) in [6.07, 6.45) is 0.606. The minimum Gasteiger partial charge on any atom is -0.337 e. The van der Waals surface area contributed by atoms with E-state index in [1.807, 2.05) is 30.3 Å². The molecule has 0 bridgehead atoms. The number of aromatic nitrogens is 2. The van der Waals surface area contributed by atoms with Crippen molar-refractivity contribution in [2.75, 3.05) is 17.6 Å². The summed E-state index contributed by atoms with van der Waals surface area (Å²) >= 11 is 2.61. The van der Waals surface area contributed by atoms with Crippen molar-refractivity contribution >= 4 is 56.6 Å². The van der Waals surface area contributed by atoms with E-state index in [0.29, 0.717) is 51.8 Å². The van der Waals surface area contributed by atoms with Gasteiger partial charge in [0.05, 0.1) is 23.4 Å². The number of fused-ring (bicyclic) bond motifs is 3. The molecule has 0 fully saturated rings. The number of hydrogen-bond donors (Lipinski definition) is 1. The molecule has 0 aliphatic carbocycles. The van der Waals surface area contributed by atoms with E-state index in [9.17, 15) is 19.2 Å². The van der Waals surface area contributed by atoms with Crippen LogP contribution in [0.4, 0.5) is 5.69 Å². The number of amides is 2. The quantitative estimate of drug-likeness (QED) is 0.226. The summed E-state index contributed by atoms with van der Waals surface area (Å²) in [5, 5.41) is 3.81. The van der Waals surface area contributed by atoms with Crippen LogP contribution in [0.5, 0.6) is 0 Å². The fourth-order valence-corrected chi connectivity index (χ4v) is 6.43. The first-order valence-electron chi connectivity index (χ1n) is 11.7. The second-order valence-corrected chi connectivity index (χ2v) is 10.7. The highest BCUT2D eigenvalue weighted by Gasteiger charge is 2.26. The van der Waals surface area contributed by atoms with E-state index in [4.69, 9.17) is 4.98 Å². The van der Waals surface area contributed by atoms with Crippen molar-refractivity contribution in [2.45, 2.75) is 32.0 Å². The number of Topliss-reactive ketones (excluding diaryl/α,β-unsaturated/α-hetero) is 1. The van der Waals surface area contributed by atoms with Gasteiger partial charge in [-0.3, -0.25) is 23.7 Å². The highest BCUT2D eigenvalue weighted by Crippen LogP contribution is 2.34. The standard InChI is InChI=1S/C27H24N4O4S2/c1-16(32)18-7-6-8-19(13-18)28-23(34)15-36-27-29-25-24(26(35)31(27)20-9-4-3-5-10-20)21-11-12-30(17(2)33)14-22(21)37-25/h3-10,13H,11-12,14-15H2,1-2H3,(H,28,34). The molecular formula is C27H24N4O4S2. The Hall–Kier alpha value is -3.76. The number of benzene rings is 2. The summed E-state index contributed by atoms with van der Waals surface area (Å²) in [7, 11) is 0. The molecule has 188 valence electrons. The van der Waals surface area contributed by atoms with E-state index in [0.717, 1.165) is 10.4 Å². The van der Waals surface area contributed by atoms with E-state index < -0.39 is 0 Å². The lowest BCUT2D eigenvalue weighted by Crippen LogP contribution is -2.34. The van der Waals surface area contributed by atoms with Crippen LogP contribution in [0.15, 0.2) is 64.5 Å². The van der Waals surface area contributed by atoms with Crippen molar-refractivity contribution in [1.82, 2.24) is 14.5 Å². The Labute approximate surface area is 221 Å². The number of rotatable bonds is 6. The topological polar surface area (TPSA) is 101 Å². The first-order chi connectivity index (χ1) is 17.8. The lowest BCUT2D eigenvalue weighted by atomic mass is 10.1. The SMILES string of the molecule is CC(=O)c1cccc(NC(=O)CSc2nc3sc4c(c3c(=O)n2-c2ccccc2)CCN(C(C)=O)C4)c1. The van der Waals surface area contributed by atoms with Crippen LogP contribution < -0.4 is 10.9 Å². The fourth-order valence-electron chi connectivity index (χ4n) is 4.34. The van der Waals surface area contributed by atoms with Gasteiger partial charge in [-0.05, 0) is 43.2 Å². The van der Waals surface area contributed by atoms with Crippen molar-refractivity contribution in [3.63, 3.8) is 0 Å². The number of ketones is 1. The molecule has 8 nitrogen and oxygen atoms in total. The third-order valence-corrected chi connectivity index (χ3v) is 8.24. The molecule has 0 saturated carbocycles. The average Bonchev–Trinajstić information content (AvgIpc) is 3.26. The van der Waals surface area contributed by atoms with Crippen LogP contribution in [-0.4, -0.2) is 44.3 Å². The summed E-state index contributed by atoms with van der Waals surface area (Å²) in [5.41, 5.74) is 2.49. The number of para-hydroxylation sites is 1. The molecule has 10 heteroatoms. The van der Waals surface area contributed by atoms with E-state index in [2.05, 4.69) is 5.32 Å². The normalized spacial score (nSPS) is 12.9. The molecule has 2 amide bonds. The van der Waals surface area contributed by atoms with Crippen molar-refractivity contribution in [3.8, 4) is 5.69 Å². The third kappa shape index (κ3) is 5.07. The highest BCUT2D eigenvalue weighted by atomic mass is 32.2. The Morgan fingerprint density at radius 2 is 1.86 bits per heavy atom. The molecule has 0 radical (unpaired) electrons. The molecule has 4 aromatic rings. The Morgan fingerprint density at radius 1 is 1.08 bits per heavy atom. The van der Waals surface area contributed by atoms with E-state index >= 15 is 0 Å². The van der Waals surface area contributed by atoms with Gasteiger partial charge in [-0.25, -0.2) is 4.98 Å². The number of carbonyl (C=O) groups is 3. The van der Waals surface area contributed by atoms with Crippen LogP contribution in [0.1, 0.15) is 34.6 Å². The summed E-state index contributed by atoms with van der Waals surface area (Å²) in [6, 6.07) is 16.0. The number of carbonyl (C=O) groups excluding carboxylic acids is 3. The number of thiophene rings is 1. The smallest absolute Gasteiger partial charge is 0.267 e. The first kappa shape index (κ1) is 24.9. The highest BCUT2D eigenvalue weighted by molar-refractivity contribution is 7.99. The summed E-state index contributed by atoms with van der Waals surface area (Å²) in [5.74, 6) is -0.325. The van der Waals surface area contributed by atoms with Gasteiger partial charge < -0.3 is 10.2 Å². The van der Waals surface area contributed by atoms with Crippen LogP contribution in [0.2, 0.25) is 0 Å². The van der Waals surface area contributed by atoms with Gasteiger partial charge in [-0.15, -0.1) is 11.3 Å². The predicted molar refractivity (Wildman–Crippen MR) is 146 cm³/mol. The van der Waals surface area contributed by atoms with Gasteiger partial charge in [0.25, 0.3) is 5.56 Å². The zero-order chi connectivity index (χ0) is 26.1. The number of hydrogen-bond acceptors (Lipinski definition) is 7. The molecule has 5 rings (SSSR count). The van der Waals surface area contributed by atoms with Crippen molar-refractivity contribution in [2.24, 2.45) is 0 Å². The van der Waals surface area contributed by atoms with Gasteiger partial charge in [0, 0.05) is 29.6 Å². The van der Waals surface area contributed by atoms with Gasteiger partial charge in [0.2, 0.25) is 11.8 Å². The Morgan fingerprint density at radius 3 is 2.59 bits per heavy atom. The van der Waals surface area contributed by atoms with Crippen LogP contribution in [0.3, 0.4) is 0 Å². The van der Waals surface area contributed by atoms with Gasteiger partial charge >= 0.3 is 0 Å².